The summed E-state index contributed by atoms with van der Waals surface area (Å²) >= 11 is 0. The average Bonchev–Trinajstić information content (AvgIpc) is 2.25. The van der Waals surface area contributed by atoms with Crippen molar-refractivity contribution in [3.63, 3.8) is 0 Å². The van der Waals surface area contributed by atoms with Gasteiger partial charge in [-0.25, -0.2) is 0 Å². The average molecular weight is 229 g/mol. The smallest absolute Gasteiger partial charge is 0.303 e. The number of carboxylic acids is 1. The summed E-state index contributed by atoms with van der Waals surface area (Å²) in [7, 11) is 0. The first-order valence-electron chi connectivity index (χ1n) is 6.30. The summed E-state index contributed by atoms with van der Waals surface area (Å²) in [6, 6.07) is 0. The third kappa shape index (κ3) is 6.08. The Hall–Kier alpha value is -0.610. The van der Waals surface area contributed by atoms with Gasteiger partial charge in [-0.3, -0.25) is 4.79 Å². The van der Waals surface area contributed by atoms with Crippen molar-refractivity contribution in [2.45, 2.75) is 51.0 Å². The lowest BCUT2D eigenvalue weighted by atomic mass is 10.1. The van der Waals surface area contributed by atoms with Crippen molar-refractivity contribution in [2.75, 3.05) is 19.6 Å². The van der Waals surface area contributed by atoms with Gasteiger partial charge in [-0.1, -0.05) is 12.8 Å². The highest BCUT2D eigenvalue weighted by Gasteiger charge is 2.15. The highest BCUT2D eigenvalue weighted by molar-refractivity contribution is 5.66. The van der Waals surface area contributed by atoms with E-state index in [-0.39, 0.29) is 6.10 Å². The van der Waals surface area contributed by atoms with Crippen LogP contribution in [0.15, 0.2) is 0 Å². The van der Waals surface area contributed by atoms with E-state index in [2.05, 4.69) is 4.90 Å². The third-order valence-corrected chi connectivity index (χ3v) is 3.17. The van der Waals surface area contributed by atoms with Gasteiger partial charge < -0.3 is 15.1 Å². The van der Waals surface area contributed by atoms with Gasteiger partial charge in [0.15, 0.2) is 0 Å². The number of unbranched alkanes of at least 4 members (excludes halogenated alkanes) is 3. The standard InChI is InChI=1S/C12H23NO3/c14-11-6-9-13(10-7-11)8-4-2-1-3-5-12(15)16/h11,14H,1-10H2,(H,15,16). The predicted molar refractivity (Wildman–Crippen MR) is 62.4 cm³/mol. The molecule has 0 aliphatic carbocycles. The maximum Gasteiger partial charge on any atom is 0.303 e. The molecule has 1 rings (SSSR count). The van der Waals surface area contributed by atoms with Gasteiger partial charge in [0.25, 0.3) is 0 Å². The lowest BCUT2D eigenvalue weighted by Crippen LogP contribution is -2.36. The predicted octanol–water partition coefficient (Wildman–Crippen LogP) is 1.48. The molecule has 1 saturated heterocycles. The molecule has 4 nitrogen and oxygen atoms in total. The van der Waals surface area contributed by atoms with Crippen LogP contribution < -0.4 is 0 Å². The molecule has 1 aliphatic rings. The number of aliphatic hydroxyl groups excluding tert-OH is 1. The van der Waals surface area contributed by atoms with E-state index in [1.807, 2.05) is 0 Å². The topological polar surface area (TPSA) is 60.8 Å². The maximum atomic E-state index is 10.3. The highest BCUT2D eigenvalue weighted by Crippen LogP contribution is 2.11. The number of hydrogen-bond donors (Lipinski definition) is 2. The van der Waals surface area contributed by atoms with Crippen LogP contribution in [0.3, 0.4) is 0 Å². The second kappa shape index (κ2) is 7.63. The fraction of sp³-hybridized carbons (Fsp3) is 0.917. The van der Waals surface area contributed by atoms with E-state index in [1.54, 1.807) is 0 Å². The largest absolute Gasteiger partial charge is 0.481 e. The Morgan fingerprint density at radius 1 is 1.12 bits per heavy atom. The van der Waals surface area contributed by atoms with Gasteiger partial charge in [-0.2, -0.15) is 0 Å². The number of carbonyl (C=O) groups is 1. The van der Waals surface area contributed by atoms with Crippen molar-refractivity contribution >= 4 is 5.97 Å². The van der Waals surface area contributed by atoms with Crippen LogP contribution in [-0.4, -0.2) is 46.8 Å². The van der Waals surface area contributed by atoms with Crippen molar-refractivity contribution < 1.29 is 15.0 Å². The van der Waals surface area contributed by atoms with E-state index in [9.17, 15) is 9.90 Å². The fourth-order valence-corrected chi connectivity index (χ4v) is 2.11. The van der Waals surface area contributed by atoms with Crippen LogP contribution in [0.4, 0.5) is 0 Å². The number of likely N-dealkylation sites (tertiary alicyclic amines) is 1. The molecule has 1 heterocycles. The van der Waals surface area contributed by atoms with Crippen molar-refractivity contribution in [1.82, 2.24) is 4.90 Å². The van der Waals surface area contributed by atoms with E-state index < -0.39 is 5.97 Å². The molecule has 0 atom stereocenters. The summed E-state index contributed by atoms with van der Waals surface area (Å²) in [6.45, 7) is 3.12. The number of aliphatic hydroxyl groups is 1. The van der Waals surface area contributed by atoms with Gasteiger partial charge >= 0.3 is 5.97 Å². The third-order valence-electron chi connectivity index (χ3n) is 3.17. The molecule has 16 heavy (non-hydrogen) atoms. The van der Waals surface area contributed by atoms with E-state index in [1.165, 1.54) is 0 Å². The maximum absolute atomic E-state index is 10.3. The minimum absolute atomic E-state index is 0.0909. The summed E-state index contributed by atoms with van der Waals surface area (Å²) < 4.78 is 0. The summed E-state index contributed by atoms with van der Waals surface area (Å²) in [5.41, 5.74) is 0. The number of carboxylic acid groups (broad SMARTS) is 1. The molecule has 0 saturated carbocycles. The second-order valence-electron chi connectivity index (χ2n) is 4.63. The first-order valence-corrected chi connectivity index (χ1v) is 6.30. The van der Waals surface area contributed by atoms with E-state index in [0.717, 1.165) is 58.2 Å². The number of nitrogens with zero attached hydrogens (tertiary/aromatic N) is 1. The summed E-state index contributed by atoms with van der Waals surface area (Å²) in [6.07, 6.45) is 6.10. The molecule has 1 fully saturated rings. The van der Waals surface area contributed by atoms with Crippen LogP contribution in [0.5, 0.6) is 0 Å². The SMILES string of the molecule is O=C(O)CCCCCCN1CCC(O)CC1. The van der Waals surface area contributed by atoms with E-state index in [0.29, 0.717) is 6.42 Å². The van der Waals surface area contributed by atoms with Gasteiger partial charge in [0.1, 0.15) is 0 Å². The van der Waals surface area contributed by atoms with Crippen molar-refractivity contribution in [3.05, 3.63) is 0 Å². The molecular formula is C12H23NO3. The highest BCUT2D eigenvalue weighted by atomic mass is 16.4. The Bertz CT molecular complexity index is 200. The van der Waals surface area contributed by atoms with Crippen LogP contribution in [0.1, 0.15) is 44.9 Å². The number of aliphatic carboxylic acids is 1. The Morgan fingerprint density at radius 3 is 2.38 bits per heavy atom. The molecule has 0 unspecified atom stereocenters. The minimum atomic E-state index is -0.690. The first-order chi connectivity index (χ1) is 7.68. The van der Waals surface area contributed by atoms with Crippen molar-refractivity contribution in [3.8, 4) is 0 Å². The zero-order valence-corrected chi connectivity index (χ0v) is 9.90. The number of piperidine rings is 1. The van der Waals surface area contributed by atoms with E-state index >= 15 is 0 Å². The summed E-state index contributed by atoms with van der Waals surface area (Å²) in [4.78, 5) is 12.7. The Morgan fingerprint density at radius 2 is 1.75 bits per heavy atom. The molecule has 0 amide bonds. The van der Waals surface area contributed by atoms with Gasteiger partial charge in [0, 0.05) is 19.5 Å². The molecule has 0 spiro atoms. The second-order valence-corrected chi connectivity index (χ2v) is 4.63. The zero-order chi connectivity index (χ0) is 11.8. The molecule has 4 heteroatoms. The fourth-order valence-electron chi connectivity index (χ4n) is 2.11. The molecule has 0 radical (unpaired) electrons. The van der Waals surface area contributed by atoms with Gasteiger partial charge in [0.05, 0.1) is 6.10 Å². The van der Waals surface area contributed by atoms with Crippen LogP contribution in [0, 0.1) is 0 Å². The van der Waals surface area contributed by atoms with Gasteiger partial charge in [-0.05, 0) is 32.2 Å². The summed E-state index contributed by atoms with van der Waals surface area (Å²) in [5, 5.41) is 17.8. The molecule has 0 bridgehead atoms. The van der Waals surface area contributed by atoms with Gasteiger partial charge in [0.2, 0.25) is 0 Å². The first kappa shape index (κ1) is 13.5. The molecule has 2 N–H and O–H groups in total. The van der Waals surface area contributed by atoms with Crippen molar-refractivity contribution in [1.29, 1.82) is 0 Å². The Balaban J connectivity index is 1.89. The van der Waals surface area contributed by atoms with Gasteiger partial charge in [-0.15, -0.1) is 0 Å². The number of hydrogen-bond acceptors (Lipinski definition) is 3. The molecule has 94 valence electrons. The van der Waals surface area contributed by atoms with Crippen LogP contribution in [0.2, 0.25) is 0 Å². The quantitative estimate of drug-likeness (QED) is 0.649. The van der Waals surface area contributed by atoms with Crippen LogP contribution in [-0.2, 0) is 4.79 Å². The molecule has 0 aromatic rings. The Labute approximate surface area is 97.3 Å². The monoisotopic (exact) mass is 229 g/mol. The molecule has 0 aromatic heterocycles. The number of rotatable bonds is 7. The van der Waals surface area contributed by atoms with Crippen molar-refractivity contribution in [2.24, 2.45) is 0 Å². The zero-order valence-electron chi connectivity index (χ0n) is 9.90. The minimum Gasteiger partial charge on any atom is -0.481 e. The Kier molecular flexibility index (Phi) is 6.42. The van der Waals surface area contributed by atoms with Crippen LogP contribution >= 0.6 is 0 Å². The molecule has 0 aromatic carbocycles. The molecular weight excluding hydrogens is 206 g/mol. The lowest BCUT2D eigenvalue weighted by molar-refractivity contribution is -0.137. The van der Waals surface area contributed by atoms with E-state index in [4.69, 9.17) is 5.11 Å². The normalized spacial score (nSPS) is 18.8. The molecule has 1 aliphatic heterocycles. The lowest BCUT2D eigenvalue weighted by Gasteiger charge is -2.29. The summed E-state index contributed by atoms with van der Waals surface area (Å²) in [5.74, 6) is -0.690. The van der Waals surface area contributed by atoms with Crippen LogP contribution in [0.25, 0.3) is 0 Å².